The molecule has 3 aromatic carbocycles. The molecule has 0 bridgehead atoms. The summed E-state index contributed by atoms with van der Waals surface area (Å²) in [4.78, 5) is 22.9. The first-order valence-electron chi connectivity index (χ1n) is 9.38. The number of aliphatic imine (C=N–C) groups is 2. The Morgan fingerprint density at radius 1 is 0.966 bits per heavy atom. The fourth-order valence-electron chi connectivity index (χ4n) is 3.37. The van der Waals surface area contributed by atoms with Crippen molar-refractivity contribution in [2.24, 2.45) is 9.98 Å². The van der Waals surface area contributed by atoms with E-state index in [1.54, 1.807) is 0 Å². The van der Waals surface area contributed by atoms with Crippen LogP contribution in [0.4, 0.5) is 11.4 Å². The van der Waals surface area contributed by atoms with E-state index in [2.05, 4.69) is 21.2 Å². The van der Waals surface area contributed by atoms with Gasteiger partial charge in [-0.3, -0.25) is 9.79 Å². The summed E-state index contributed by atoms with van der Waals surface area (Å²) in [6.07, 6.45) is 0. The number of nitrogens with one attached hydrogen (secondary N) is 1. The maximum atomic E-state index is 13.4. The monoisotopic (exact) mass is 445 g/mol. The van der Waals surface area contributed by atoms with Gasteiger partial charge in [0, 0.05) is 15.7 Å². The van der Waals surface area contributed by atoms with Crippen LogP contribution >= 0.6 is 15.9 Å². The zero-order valence-corrected chi connectivity index (χ0v) is 17.8. The number of nitrogens with zero attached hydrogens (tertiary/aromatic N) is 2. The van der Waals surface area contributed by atoms with E-state index in [4.69, 9.17) is 9.98 Å². The Morgan fingerprint density at radius 2 is 1.69 bits per heavy atom. The average molecular weight is 446 g/mol. The normalized spacial score (nSPS) is 13.1. The highest BCUT2D eigenvalue weighted by Gasteiger charge is 2.24. The first-order chi connectivity index (χ1) is 14.0. The molecule has 0 saturated carbocycles. The van der Waals surface area contributed by atoms with Crippen LogP contribution in [-0.4, -0.2) is 17.3 Å². The molecule has 3 aromatic rings. The minimum absolute atomic E-state index is 0.266. The van der Waals surface area contributed by atoms with Crippen LogP contribution < -0.4 is 5.32 Å². The highest BCUT2D eigenvalue weighted by molar-refractivity contribution is 9.10. The van der Waals surface area contributed by atoms with Crippen LogP contribution in [0.3, 0.4) is 0 Å². The summed E-state index contributed by atoms with van der Waals surface area (Å²) in [6, 6.07) is 21.5. The molecule has 0 atom stereocenters. The number of halogens is 1. The second kappa shape index (κ2) is 8.13. The first kappa shape index (κ1) is 19.3. The van der Waals surface area contributed by atoms with E-state index in [1.807, 2.05) is 80.6 Å². The molecule has 0 unspecified atom stereocenters. The van der Waals surface area contributed by atoms with Gasteiger partial charge in [-0.05, 0) is 48.7 Å². The summed E-state index contributed by atoms with van der Waals surface area (Å²) < 4.78 is 0.925. The standard InChI is InChI=1S/C24H20BrN3O/c1-15-7-5-8-16(2)21(15)28-24(29)23-22(17-10-6-11-19(25)13-17)26-14-18-9-3-4-12-20(18)27-23/h3-13H,14H2,1-2H3,(H,28,29). The van der Waals surface area contributed by atoms with Crippen LogP contribution in [0.1, 0.15) is 22.3 Å². The van der Waals surface area contributed by atoms with Crippen molar-refractivity contribution in [2.75, 3.05) is 5.32 Å². The second-order valence-corrected chi connectivity index (χ2v) is 7.90. The smallest absolute Gasteiger partial charge is 0.276 e. The van der Waals surface area contributed by atoms with E-state index in [0.717, 1.165) is 38.1 Å². The predicted molar refractivity (Wildman–Crippen MR) is 122 cm³/mol. The molecule has 4 nitrogen and oxygen atoms in total. The Labute approximate surface area is 178 Å². The Morgan fingerprint density at radius 3 is 2.45 bits per heavy atom. The van der Waals surface area contributed by atoms with Gasteiger partial charge in [0.25, 0.3) is 5.91 Å². The predicted octanol–water partition coefficient (Wildman–Crippen LogP) is 5.78. The number of benzene rings is 3. The highest BCUT2D eigenvalue weighted by atomic mass is 79.9. The quantitative estimate of drug-likeness (QED) is 0.545. The van der Waals surface area contributed by atoms with Gasteiger partial charge in [-0.1, -0.05) is 64.5 Å². The van der Waals surface area contributed by atoms with Crippen LogP contribution in [0.25, 0.3) is 0 Å². The van der Waals surface area contributed by atoms with E-state index >= 15 is 0 Å². The van der Waals surface area contributed by atoms with Crippen molar-refractivity contribution in [3.8, 4) is 0 Å². The summed E-state index contributed by atoms with van der Waals surface area (Å²) in [5.74, 6) is -0.266. The average Bonchev–Trinajstić information content (AvgIpc) is 2.90. The van der Waals surface area contributed by atoms with E-state index in [-0.39, 0.29) is 5.91 Å². The van der Waals surface area contributed by atoms with Crippen molar-refractivity contribution in [2.45, 2.75) is 20.4 Å². The summed E-state index contributed by atoms with van der Waals surface area (Å²) in [5, 5.41) is 3.06. The highest BCUT2D eigenvalue weighted by Crippen LogP contribution is 2.26. The Balaban J connectivity index is 1.81. The third-order valence-electron chi connectivity index (χ3n) is 4.89. The molecular weight excluding hydrogens is 426 g/mol. The van der Waals surface area contributed by atoms with Gasteiger partial charge >= 0.3 is 0 Å². The van der Waals surface area contributed by atoms with Crippen molar-refractivity contribution < 1.29 is 4.79 Å². The first-order valence-corrected chi connectivity index (χ1v) is 10.2. The molecular formula is C24H20BrN3O. The Hall–Kier alpha value is -3.05. The van der Waals surface area contributed by atoms with Crippen molar-refractivity contribution in [3.05, 3.63) is 93.5 Å². The molecule has 1 heterocycles. The lowest BCUT2D eigenvalue weighted by Crippen LogP contribution is -2.31. The van der Waals surface area contributed by atoms with Gasteiger partial charge in [0.2, 0.25) is 0 Å². The minimum Gasteiger partial charge on any atom is -0.320 e. The Bertz CT molecular complexity index is 1140. The number of amides is 1. The number of hydrogen-bond donors (Lipinski definition) is 1. The number of rotatable bonds is 3. The molecule has 0 spiro atoms. The molecule has 1 N–H and O–H groups in total. The number of fused-ring (bicyclic) bond motifs is 1. The van der Waals surface area contributed by atoms with Crippen LogP contribution in [0.2, 0.25) is 0 Å². The topological polar surface area (TPSA) is 53.8 Å². The zero-order chi connectivity index (χ0) is 20.4. The van der Waals surface area contributed by atoms with Crippen molar-refractivity contribution in [1.82, 2.24) is 0 Å². The zero-order valence-electron chi connectivity index (χ0n) is 16.2. The van der Waals surface area contributed by atoms with Crippen LogP contribution in [0.5, 0.6) is 0 Å². The molecule has 0 aliphatic carbocycles. The molecule has 1 aliphatic rings. The van der Waals surface area contributed by atoms with E-state index in [0.29, 0.717) is 18.0 Å². The van der Waals surface area contributed by atoms with E-state index < -0.39 is 0 Å². The SMILES string of the molecule is Cc1cccc(C)c1NC(=O)C1=Nc2ccccc2CN=C1c1cccc(Br)c1. The molecule has 144 valence electrons. The van der Waals surface area contributed by atoms with Gasteiger partial charge in [-0.15, -0.1) is 0 Å². The minimum atomic E-state index is -0.266. The number of aryl methyl sites for hydroxylation is 2. The van der Waals surface area contributed by atoms with Gasteiger partial charge in [-0.2, -0.15) is 0 Å². The second-order valence-electron chi connectivity index (χ2n) is 6.99. The summed E-state index contributed by atoms with van der Waals surface area (Å²) in [7, 11) is 0. The molecule has 0 aromatic heterocycles. The number of carbonyl (C=O) groups is 1. The van der Waals surface area contributed by atoms with Crippen molar-refractivity contribution in [1.29, 1.82) is 0 Å². The van der Waals surface area contributed by atoms with Gasteiger partial charge in [0.15, 0.2) is 5.71 Å². The van der Waals surface area contributed by atoms with Crippen LogP contribution in [0, 0.1) is 13.8 Å². The van der Waals surface area contributed by atoms with Gasteiger partial charge in [-0.25, -0.2) is 4.99 Å². The largest absolute Gasteiger partial charge is 0.320 e. The third-order valence-corrected chi connectivity index (χ3v) is 5.38. The molecule has 1 aliphatic heterocycles. The summed E-state index contributed by atoms with van der Waals surface area (Å²) in [5.41, 5.74) is 6.35. The number of para-hydroxylation sites is 2. The number of anilines is 1. The lowest BCUT2D eigenvalue weighted by atomic mass is 10.0. The van der Waals surface area contributed by atoms with E-state index in [1.165, 1.54) is 0 Å². The summed E-state index contributed by atoms with van der Waals surface area (Å²) in [6.45, 7) is 4.44. The maximum absolute atomic E-state index is 13.4. The van der Waals surface area contributed by atoms with Gasteiger partial charge in [0.05, 0.1) is 17.9 Å². The lowest BCUT2D eigenvalue weighted by Gasteiger charge is -2.14. The number of hydrogen-bond acceptors (Lipinski definition) is 3. The lowest BCUT2D eigenvalue weighted by molar-refractivity contribution is -0.110. The van der Waals surface area contributed by atoms with Crippen molar-refractivity contribution in [3.63, 3.8) is 0 Å². The fourth-order valence-corrected chi connectivity index (χ4v) is 3.77. The van der Waals surface area contributed by atoms with Crippen LogP contribution in [-0.2, 0) is 11.3 Å². The van der Waals surface area contributed by atoms with Gasteiger partial charge in [0.1, 0.15) is 0 Å². The Kier molecular flexibility index (Phi) is 5.41. The molecule has 0 radical (unpaired) electrons. The molecule has 0 saturated heterocycles. The van der Waals surface area contributed by atoms with Crippen LogP contribution in [0.15, 0.2) is 81.2 Å². The molecule has 4 rings (SSSR count). The van der Waals surface area contributed by atoms with Gasteiger partial charge < -0.3 is 5.32 Å². The number of carbonyl (C=O) groups excluding carboxylic acids is 1. The maximum Gasteiger partial charge on any atom is 0.276 e. The van der Waals surface area contributed by atoms with E-state index in [9.17, 15) is 4.79 Å². The molecule has 1 amide bonds. The third kappa shape index (κ3) is 4.05. The van der Waals surface area contributed by atoms with Crippen molar-refractivity contribution >= 4 is 44.6 Å². The molecule has 0 fully saturated rings. The molecule has 5 heteroatoms. The molecule has 29 heavy (non-hydrogen) atoms. The fraction of sp³-hybridized carbons (Fsp3) is 0.125. The summed E-state index contributed by atoms with van der Waals surface area (Å²) >= 11 is 3.51.